The molecule has 1 saturated heterocycles. The summed E-state index contributed by atoms with van der Waals surface area (Å²) in [6, 6.07) is 1.72. The number of likely N-dealkylation sites (tertiary alicyclic amines) is 1. The first-order valence-electron chi connectivity index (χ1n) is 18.7. The summed E-state index contributed by atoms with van der Waals surface area (Å²) >= 11 is 0. The van der Waals surface area contributed by atoms with Gasteiger partial charge in [-0.2, -0.15) is 0 Å². The number of alkyl carbamates (subject to hydrolysis) is 1. The number of hydrogen-bond acceptors (Lipinski definition) is 10. The van der Waals surface area contributed by atoms with Crippen molar-refractivity contribution in [1.29, 1.82) is 0 Å². The summed E-state index contributed by atoms with van der Waals surface area (Å²) in [5.74, 6) is -3.99. The molecule has 2 aliphatic heterocycles. The van der Waals surface area contributed by atoms with E-state index in [0.717, 1.165) is 10.5 Å². The van der Waals surface area contributed by atoms with Crippen LogP contribution in [0.15, 0.2) is 42.5 Å². The van der Waals surface area contributed by atoms with E-state index in [1.54, 1.807) is 54.5 Å². The van der Waals surface area contributed by atoms with E-state index in [-0.39, 0.29) is 44.7 Å². The van der Waals surface area contributed by atoms with Crippen LogP contribution in [-0.2, 0) is 51.8 Å². The maximum Gasteiger partial charge on any atom is 0.410 e. The standard InChI is InChI=1S/C39H52FN5O10S/c1-9-24-17-39(24,34(49)43-56(52,53)26-13-14-26)42-32(47)30-16-25(54-36(51)44-19-23-11-10-12-28(40)27(23)21-44)20-45(30)33(48)29(41-35(50)55-37(4,5)6)18-38(7,8)31(46)15-22(2)3/h9-12,15,24-26,29-30H,1,13-14,16-21H2,2-8H3,(H,41,50)(H,42,47)(H,43,49). The van der Waals surface area contributed by atoms with Crippen LogP contribution < -0.4 is 15.4 Å². The highest BCUT2D eigenvalue weighted by Crippen LogP contribution is 2.45. The van der Waals surface area contributed by atoms with E-state index in [1.807, 2.05) is 0 Å². The van der Waals surface area contributed by atoms with Crippen LogP contribution in [0.2, 0.25) is 0 Å². The summed E-state index contributed by atoms with van der Waals surface area (Å²) in [7, 11) is -3.98. The Morgan fingerprint density at radius 2 is 1.75 bits per heavy atom. The Bertz CT molecular complexity index is 1950. The van der Waals surface area contributed by atoms with Crippen molar-refractivity contribution in [3.05, 3.63) is 59.4 Å². The topological polar surface area (TPSA) is 198 Å². The van der Waals surface area contributed by atoms with Crippen LogP contribution in [0, 0.1) is 17.2 Å². The molecular weight excluding hydrogens is 750 g/mol. The molecule has 5 unspecified atom stereocenters. The number of rotatable bonds is 13. The van der Waals surface area contributed by atoms with Gasteiger partial charge in [0.2, 0.25) is 21.8 Å². The molecule has 5 rings (SSSR count). The van der Waals surface area contributed by atoms with Crippen molar-refractivity contribution >= 4 is 45.7 Å². The lowest BCUT2D eigenvalue weighted by molar-refractivity contribution is -0.142. The number of carbonyl (C=O) groups excluding carboxylic acids is 6. The first kappa shape index (κ1) is 42.3. The molecule has 5 amide bonds. The van der Waals surface area contributed by atoms with Gasteiger partial charge in [-0.15, -0.1) is 6.58 Å². The highest BCUT2D eigenvalue weighted by molar-refractivity contribution is 7.91. The van der Waals surface area contributed by atoms with Gasteiger partial charge in [0.25, 0.3) is 5.91 Å². The average Bonchev–Trinajstić information content (AvgIpc) is 3.97. The third kappa shape index (κ3) is 9.59. The Morgan fingerprint density at radius 3 is 2.32 bits per heavy atom. The average molecular weight is 802 g/mol. The normalized spacial score (nSPS) is 23.6. The van der Waals surface area contributed by atoms with Crippen LogP contribution in [0.3, 0.4) is 0 Å². The van der Waals surface area contributed by atoms with Crippen molar-refractivity contribution < 1.29 is 51.0 Å². The van der Waals surface area contributed by atoms with Gasteiger partial charge in [-0.05, 0) is 78.0 Å². The summed E-state index contributed by atoms with van der Waals surface area (Å²) in [5.41, 5.74) is -2.15. The van der Waals surface area contributed by atoms with Crippen LogP contribution >= 0.6 is 0 Å². The Kier molecular flexibility index (Phi) is 11.8. The predicted octanol–water partition coefficient (Wildman–Crippen LogP) is 3.76. The van der Waals surface area contributed by atoms with Gasteiger partial charge in [0.15, 0.2) is 5.78 Å². The molecule has 4 aliphatic rings. The van der Waals surface area contributed by atoms with Gasteiger partial charge >= 0.3 is 12.2 Å². The SMILES string of the molecule is C=CC1CC1(NC(=O)C1CC(OC(=O)N2Cc3cccc(F)c3C2)CN1C(=O)C(CC(C)(C)C(=O)C=C(C)C)NC(=O)OC(C)(C)C)C(=O)NS(=O)(=O)C1CC1. The third-order valence-corrected chi connectivity index (χ3v) is 12.2. The Morgan fingerprint density at radius 1 is 1.07 bits per heavy atom. The summed E-state index contributed by atoms with van der Waals surface area (Å²) in [6.45, 7) is 15.0. The minimum atomic E-state index is -3.98. The summed E-state index contributed by atoms with van der Waals surface area (Å²) < 4.78 is 53.2. The maximum atomic E-state index is 14.6. The number of hydrogen-bond donors (Lipinski definition) is 3. The quantitative estimate of drug-likeness (QED) is 0.195. The van der Waals surface area contributed by atoms with Gasteiger partial charge < -0.3 is 25.0 Å². The Labute approximate surface area is 326 Å². The number of nitrogens with one attached hydrogen (secondary N) is 3. The van der Waals surface area contributed by atoms with E-state index in [4.69, 9.17) is 9.47 Å². The molecule has 1 aromatic carbocycles. The molecule has 0 bridgehead atoms. The lowest BCUT2D eigenvalue weighted by Gasteiger charge is -2.33. The number of halogens is 1. The van der Waals surface area contributed by atoms with Crippen LogP contribution in [0.25, 0.3) is 0 Å². The number of nitrogens with zero attached hydrogens (tertiary/aromatic N) is 2. The van der Waals surface area contributed by atoms with Crippen LogP contribution in [0.1, 0.15) is 91.7 Å². The number of sulfonamides is 1. The van der Waals surface area contributed by atoms with Crippen molar-refractivity contribution in [3.63, 3.8) is 0 Å². The lowest BCUT2D eigenvalue weighted by atomic mass is 9.80. The fourth-order valence-corrected chi connectivity index (χ4v) is 8.40. The number of ketones is 1. The zero-order valence-corrected chi connectivity index (χ0v) is 33.7. The van der Waals surface area contributed by atoms with E-state index >= 15 is 0 Å². The van der Waals surface area contributed by atoms with E-state index < -0.39 is 91.7 Å². The van der Waals surface area contributed by atoms with Crippen molar-refractivity contribution in [2.75, 3.05) is 6.54 Å². The molecule has 1 aromatic rings. The molecule has 15 nitrogen and oxygen atoms in total. The second-order valence-electron chi connectivity index (χ2n) is 17.0. The molecule has 56 heavy (non-hydrogen) atoms. The second kappa shape index (κ2) is 15.6. The predicted molar refractivity (Wildman–Crippen MR) is 201 cm³/mol. The number of ether oxygens (including phenoxy) is 2. The van der Waals surface area contributed by atoms with E-state index in [9.17, 15) is 41.6 Å². The Balaban J connectivity index is 1.43. The molecule has 2 aliphatic carbocycles. The minimum Gasteiger partial charge on any atom is -0.444 e. The minimum absolute atomic E-state index is 0.0446. The largest absolute Gasteiger partial charge is 0.444 e. The highest BCUT2D eigenvalue weighted by Gasteiger charge is 2.62. The fraction of sp³-hybridized carbons (Fsp3) is 0.590. The second-order valence-corrected chi connectivity index (χ2v) is 19.0. The van der Waals surface area contributed by atoms with Crippen LogP contribution in [0.5, 0.6) is 0 Å². The van der Waals surface area contributed by atoms with Gasteiger partial charge in [-0.25, -0.2) is 22.4 Å². The number of fused-ring (bicyclic) bond motifs is 1. The third-order valence-electron chi connectivity index (χ3n) is 10.3. The summed E-state index contributed by atoms with van der Waals surface area (Å²) in [4.78, 5) is 84.7. The van der Waals surface area contributed by atoms with Gasteiger partial charge in [0.1, 0.15) is 35.1 Å². The van der Waals surface area contributed by atoms with E-state index in [0.29, 0.717) is 24.0 Å². The number of benzene rings is 1. The molecule has 17 heteroatoms. The maximum absolute atomic E-state index is 14.6. The number of amides is 5. The van der Waals surface area contributed by atoms with Crippen LogP contribution in [-0.4, -0.2) is 95.0 Å². The van der Waals surface area contributed by atoms with Gasteiger partial charge in [-0.1, -0.05) is 37.6 Å². The number of allylic oxidation sites excluding steroid dienone is 2. The number of carbonyl (C=O) groups is 6. The van der Waals surface area contributed by atoms with Crippen molar-refractivity contribution in [2.24, 2.45) is 11.3 Å². The molecule has 2 saturated carbocycles. The smallest absolute Gasteiger partial charge is 0.410 e. The Hall–Kier alpha value is -4.80. The molecule has 0 aromatic heterocycles. The van der Waals surface area contributed by atoms with E-state index in [2.05, 4.69) is 21.9 Å². The van der Waals surface area contributed by atoms with Crippen molar-refractivity contribution in [2.45, 2.75) is 128 Å². The van der Waals surface area contributed by atoms with Gasteiger partial charge in [-0.3, -0.25) is 28.8 Å². The summed E-state index contributed by atoms with van der Waals surface area (Å²) in [5, 5.41) is 4.54. The highest BCUT2D eigenvalue weighted by atomic mass is 32.2. The first-order chi connectivity index (χ1) is 26.0. The van der Waals surface area contributed by atoms with Gasteiger partial charge in [0, 0.05) is 29.9 Å². The molecular formula is C39H52FN5O10S. The first-order valence-corrected chi connectivity index (χ1v) is 20.2. The molecule has 3 fully saturated rings. The van der Waals surface area contributed by atoms with Crippen molar-refractivity contribution in [1.82, 2.24) is 25.2 Å². The molecule has 5 atom stereocenters. The van der Waals surface area contributed by atoms with E-state index in [1.165, 1.54) is 29.2 Å². The molecule has 3 N–H and O–H groups in total. The van der Waals surface area contributed by atoms with Crippen LogP contribution in [0.4, 0.5) is 14.0 Å². The van der Waals surface area contributed by atoms with Crippen molar-refractivity contribution in [3.8, 4) is 0 Å². The molecule has 0 radical (unpaired) electrons. The fourth-order valence-electron chi connectivity index (χ4n) is 7.04. The van der Waals surface area contributed by atoms with Gasteiger partial charge in [0.05, 0.1) is 18.3 Å². The molecule has 2 heterocycles. The molecule has 306 valence electrons. The summed E-state index contributed by atoms with van der Waals surface area (Å²) in [6.07, 6.45) is 0.401. The lowest BCUT2D eigenvalue weighted by Crippen LogP contribution is -2.59. The monoisotopic (exact) mass is 801 g/mol. The molecule has 0 spiro atoms. The zero-order chi connectivity index (χ0) is 41.5. The zero-order valence-electron chi connectivity index (χ0n) is 32.9.